The number of benzene rings is 2. The summed E-state index contributed by atoms with van der Waals surface area (Å²) in [5.41, 5.74) is 2.59. The van der Waals surface area contributed by atoms with Gasteiger partial charge < -0.3 is 10.2 Å². The molecule has 0 heterocycles. The second-order valence-corrected chi connectivity index (χ2v) is 4.29. The van der Waals surface area contributed by atoms with Gasteiger partial charge in [0.25, 0.3) is 0 Å². The maximum absolute atomic E-state index is 10.4. The number of hydrogen-bond donors (Lipinski definition) is 2. The summed E-state index contributed by atoms with van der Waals surface area (Å²) in [5, 5.41) is 17.0. The molecular formula is C16H16O4. The monoisotopic (exact) mass is 272 g/mol. The Morgan fingerprint density at radius 2 is 1.35 bits per heavy atom. The quantitative estimate of drug-likeness (QED) is 0.878. The third kappa shape index (κ3) is 4.57. The van der Waals surface area contributed by atoms with E-state index in [9.17, 15) is 9.59 Å². The first-order chi connectivity index (χ1) is 9.41. The van der Waals surface area contributed by atoms with Crippen LogP contribution in [-0.2, 0) is 0 Å². The van der Waals surface area contributed by atoms with Crippen LogP contribution < -0.4 is 0 Å². The van der Waals surface area contributed by atoms with Crippen LogP contribution in [-0.4, -0.2) is 22.2 Å². The van der Waals surface area contributed by atoms with E-state index in [2.05, 4.69) is 0 Å². The van der Waals surface area contributed by atoms with Gasteiger partial charge in [0.05, 0.1) is 11.1 Å². The Kier molecular flexibility index (Phi) is 5.47. The molecule has 0 aromatic heterocycles. The van der Waals surface area contributed by atoms with E-state index in [4.69, 9.17) is 10.2 Å². The van der Waals surface area contributed by atoms with Crippen molar-refractivity contribution in [1.82, 2.24) is 0 Å². The first-order valence-electron chi connectivity index (χ1n) is 6.00. The van der Waals surface area contributed by atoms with Gasteiger partial charge >= 0.3 is 11.9 Å². The summed E-state index contributed by atoms with van der Waals surface area (Å²) in [6.45, 7) is 3.70. The highest BCUT2D eigenvalue weighted by atomic mass is 16.4. The minimum Gasteiger partial charge on any atom is -0.478 e. The summed E-state index contributed by atoms with van der Waals surface area (Å²) < 4.78 is 0. The van der Waals surface area contributed by atoms with E-state index in [1.165, 1.54) is 0 Å². The van der Waals surface area contributed by atoms with Crippen LogP contribution in [0, 0.1) is 13.8 Å². The van der Waals surface area contributed by atoms with E-state index in [-0.39, 0.29) is 0 Å². The van der Waals surface area contributed by atoms with E-state index in [1.54, 1.807) is 49.4 Å². The lowest BCUT2D eigenvalue weighted by atomic mass is 10.1. The Morgan fingerprint density at radius 3 is 1.75 bits per heavy atom. The smallest absolute Gasteiger partial charge is 0.335 e. The number of aryl methyl sites for hydroxylation is 2. The van der Waals surface area contributed by atoms with Crippen molar-refractivity contribution in [2.45, 2.75) is 13.8 Å². The third-order valence-corrected chi connectivity index (χ3v) is 2.67. The van der Waals surface area contributed by atoms with Crippen molar-refractivity contribution in [3.05, 3.63) is 70.8 Å². The van der Waals surface area contributed by atoms with Gasteiger partial charge in [-0.15, -0.1) is 0 Å². The van der Waals surface area contributed by atoms with Crippen LogP contribution in [0.15, 0.2) is 48.5 Å². The second-order valence-electron chi connectivity index (χ2n) is 4.29. The van der Waals surface area contributed by atoms with Crippen molar-refractivity contribution in [3.63, 3.8) is 0 Å². The summed E-state index contributed by atoms with van der Waals surface area (Å²) in [7, 11) is 0. The Morgan fingerprint density at radius 1 is 0.800 bits per heavy atom. The van der Waals surface area contributed by atoms with Crippen LogP contribution in [0.4, 0.5) is 0 Å². The fourth-order valence-electron chi connectivity index (χ4n) is 1.51. The molecule has 0 aliphatic heterocycles. The number of carboxylic acids is 2. The molecular weight excluding hydrogens is 256 g/mol. The Hall–Kier alpha value is -2.62. The molecule has 0 saturated heterocycles. The van der Waals surface area contributed by atoms with Crippen molar-refractivity contribution in [1.29, 1.82) is 0 Å². The van der Waals surface area contributed by atoms with Gasteiger partial charge in [-0.2, -0.15) is 0 Å². The lowest BCUT2D eigenvalue weighted by Gasteiger charge is -1.96. The van der Waals surface area contributed by atoms with E-state index >= 15 is 0 Å². The van der Waals surface area contributed by atoms with Crippen LogP contribution >= 0.6 is 0 Å². The zero-order valence-electron chi connectivity index (χ0n) is 11.3. The van der Waals surface area contributed by atoms with Gasteiger partial charge in [0.15, 0.2) is 0 Å². The lowest BCUT2D eigenvalue weighted by molar-refractivity contribution is 0.0685. The molecule has 4 heteroatoms. The van der Waals surface area contributed by atoms with Gasteiger partial charge in [0.1, 0.15) is 0 Å². The third-order valence-electron chi connectivity index (χ3n) is 2.67. The first kappa shape index (κ1) is 15.4. The zero-order chi connectivity index (χ0) is 15.1. The molecule has 0 aliphatic rings. The molecule has 0 unspecified atom stereocenters. The standard InChI is InChI=1S/2C8H8O2/c1-6-2-4-7(5-3-6)8(9)10;1-6-4-2-3-5-7(6)8(9)10/h2*2-5H,1H3,(H,9,10). The molecule has 20 heavy (non-hydrogen) atoms. The van der Waals surface area contributed by atoms with Crippen molar-refractivity contribution in [2.24, 2.45) is 0 Å². The van der Waals surface area contributed by atoms with Crippen LogP contribution in [0.5, 0.6) is 0 Å². The number of carboxylic acid groups (broad SMARTS) is 2. The van der Waals surface area contributed by atoms with Crippen LogP contribution in [0.25, 0.3) is 0 Å². The predicted molar refractivity (Wildman–Crippen MR) is 76.3 cm³/mol. The molecule has 2 rings (SSSR count). The highest BCUT2D eigenvalue weighted by molar-refractivity contribution is 5.89. The Labute approximate surface area is 117 Å². The van der Waals surface area contributed by atoms with Gasteiger partial charge in [-0.1, -0.05) is 35.9 Å². The Balaban J connectivity index is 0.000000200. The topological polar surface area (TPSA) is 74.6 Å². The molecule has 2 N–H and O–H groups in total. The molecule has 0 saturated carbocycles. The summed E-state index contributed by atoms with van der Waals surface area (Å²) in [4.78, 5) is 20.7. The van der Waals surface area contributed by atoms with Crippen LogP contribution in [0.2, 0.25) is 0 Å². The van der Waals surface area contributed by atoms with Gasteiger partial charge in [-0.3, -0.25) is 0 Å². The molecule has 4 nitrogen and oxygen atoms in total. The van der Waals surface area contributed by atoms with Gasteiger partial charge in [-0.05, 0) is 37.6 Å². The van der Waals surface area contributed by atoms with Crippen molar-refractivity contribution < 1.29 is 19.8 Å². The zero-order valence-corrected chi connectivity index (χ0v) is 11.3. The van der Waals surface area contributed by atoms with Crippen molar-refractivity contribution >= 4 is 11.9 Å². The summed E-state index contributed by atoms with van der Waals surface area (Å²) in [6.07, 6.45) is 0. The SMILES string of the molecule is Cc1ccc(C(=O)O)cc1.Cc1ccccc1C(=O)O. The highest BCUT2D eigenvalue weighted by Crippen LogP contribution is 2.05. The molecule has 2 aromatic rings. The fourth-order valence-corrected chi connectivity index (χ4v) is 1.51. The molecule has 0 amide bonds. The average Bonchev–Trinajstić information content (AvgIpc) is 2.40. The predicted octanol–water partition coefficient (Wildman–Crippen LogP) is 3.39. The number of rotatable bonds is 2. The van der Waals surface area contributed by atoms with E-state index in [1.807, 2.05) is 13.0 Å². The Bertz CT molecular complexity index is 600. The first-order valence-corrected chi connectivity index (χ1v) is 6.00. The normalized spacial score (nSPS) is 9.30. The molecule has 0 aliphatic carbocycles. The maximum Gasteiger partial charge on any atom is 0.335 e. The molecule has 104 valence electrons. The van der Waals surface area contributed by atoms with Crippen LogP contribution in [0.3, 0.4) is 0 Å². The van der Waals surface area contributed by atoms with Crippen LogP contribution in [0.1, 0.15) is 31.8 Å². The van der Waals surface area contributed by atoms with Crippen molar-refractivity contribution in [3.8, 4) is 0 Å². The maximum atomic E-state index is 10.4. The number of carbonyl (C=O) groups is 2. The lowest BCUT2D eigenvalue weighted by Crippen LogP contribution is -1.97. The molecule has 0 fully saturated rings. The minimum absolute atomic E-state index is 0.339. The highest BCUT2D eigenvalue weighted by Gasteiger charge is 2.03. The fraction of sp³-hybridized carbons (Fsp3) is 0.125. The molecule has 2 aromatic carbocycles. The molecule has 0 radical (unpaired) electrons. The van der Waals surface area contributed by atoms with E-state index in [0.29, 0.717) is 11.1 Å². The van der Waals surface area contributed by atoms with Crippen molar-refractivity contribution in [2.75, 3.05) is 0 Å². The van der Waals surface area contributed by atoms with Gasteiger partial charge in [-0.25, -0.2) is 9.59 Å². The molecule has 0 spiro atoms. The van der Waals surface area contributed by atoms with Gasteiger partial charge in [0.2, 0.25) is 0 Å². The van der Waals surface area contributed by atoms with Gasteiger partial charge in [0, 0.05) is 0 Å². The molecule has 0 atom stereocenters. The van der Waals surface area contributed by atoms with E-state index < -0.39 is 11.9 Å². The van der Waals surface area contributed by atoms with E-state index in [0.717, 1.165) is 11.1 Å². The molecule has 0 bridgehead atoms. The minimum atomic E-state index is -0.875. The summed E-state index contributed by atoms with van der Waals surface area (Å²) in [6, 6.07) is 13.7. The summed E-state index contributed by atoms with van der Waals surface area (Å²) in [5.74, 6) is -1.74. The largest absolute Gasteiger partial charge is 0.478 e. The average molecular weight is 272 g/mol. The number of hydrogen-bond acceptors (Lipinski definition) is 2. The summed E-state index contributed by atoms with van der Waals surface area (Å²) >= 11 is 0. The second kappa shape index (κ2) is 7.09. The number of aromatic carboxylic acids is 2.